The summed E-state index contributed by atoms with van der Waals surface area (Å²) in [6.45, 7) is 3.82. The molecule has 1 aliphatic heterocycles. The van der Waals surface area contributed by atoms with Gasteiger partial charge >= 0.3 is 0 Å². The fourth-order valence-corrected chi connectivity index (χ4v) is 3.07. The predicted molar refractivity (Wildman–Crippen MR) is 119 cm³/mol. The van der Waals surface area contributed by atoms with E-state index in [4.69, 9.17) is 0 Å². The van der Waals surface area contributed by atoms with Gasteiger partial charge in [0.15, 0.2) is 23.4 Å². The third kappa shape index (κ3) is 8.77. The Labute approximate surface area is 186 Å². The van der Waals surface area contributed by atoms with Gasteiger partial charge in [-0.2, -0.15) is 0 Å². The third-order valence-electron chi connectivity index (χ3n) is 4.59. The van der Waals surface area contributed by atoms with Crippen LogP contribution in [0.15, 0.2) is 17.1 Å². The largest absolute Gasteiger partial charge is 0.356 e. The Morgan fingerprint density at radius 2 is 1.76 bits per heavy atom. The van der Waals surface area contributed by atoms with Crippen LogP contribution in [0.1, 0.15) is 32.1 Å². The Kier molecular flexibility index (Phi) is 12.0. The van der Waals surface area contributed by atoms with Crippen LogP contribution in [0.4, 0.5) is 18.9 Å². The van der Waals surface area contributed by atoms with E-state index in [2.05, 4.69) is 25.8 Å². The second kappa shape index (κ2) is 13.6. The summed E-state index contributed by atoms with van der Waals surface area (Å²) in [5.74, 6) is -4.51. The van der Waals surface area contributed by atoms with Crippen LogP contribution in [-0.2, 0) is 4.79 Å². The van der Waals surface area contributed by atoms with E-state index in [0.29, 0.717) is 12.5 Å². The number of aliphatic imine (C=N–C) groups is 1. The second-order valence-electron chi connectivity index (χ2n) is 6.73. The number of nitrogens with zero attached hydrogens (tertiary/aromatic N) is 2. The van der Waals surface area contributed by atoms with E-state index in [1.54, 1.807) is 7.05 Å². The predicted octanol–water partition coefficient (Wildman–Crippen LogP) is 3.09. The smallest absolute Gasteiger partial charge is 0.243 e. The average molecular weight is 527 g/mol. The molecule has 1 saturated heterocycles. The average Bonchev–Trinajstić information content (AvgIpc) is 2.97. The molecule has 0 bridgehead atoms. The summed E-state index contributed by atoms with van der Waals surface area (Å²) < 4.78 is 39.7. The first-order chi connectivity index (χ1) is 13.5. The lowest BCUT2D eigenvalue weighted by atomic mass is 10.2. The molecule has 0 unspecified atom stereocenters. The molecule has 1 aliphatic rings. The van der Waals surface area contributed by atoms with Crippen molar-refractivity contribution in [2.75, 3.05) is 45.1 Å². The molecule has 1 amide bonds. The third-order valence-corrected chi connectivity index (χ3v) is 4.59. The molecule has 0 spiro atoms. The van der Waals surface area contributed by atoms with E-state index >= 15 is 0 Å². The number of guanidine groups is 1. The van der Waals surface area contributed by atoms with E-state index in [1.165, 1.54) is 25.7 Å². The molecule has 1 aromatic carbocycles. The molecule has 6 nitrogen and oxygen atoms in total. The topological polar surface area (TPSA) is 68.8 Å². The molecule has 0 atom stereocenters. The molecule has 0 radical (unpaired) electrons. The minimum atomic E-state index is -1.62. The van der Waals surface area contributed by atoms with Crippen molar-refractivity contribution in [2.45, 2.75) is 32.1 Å². The van der Waals surface area contributed by atoms with Gasteiger partial charge in [0.1, 0.15) is 0 Å². The van der Waals surface area contributed by atoms with Crippen LogP contribution in [0.2, 0.25) is 0 Å². The summed E-state index contributed by atoms with van der Waals surface area (Å²) in [6, 6.07) is 1.73. The maximum atomic E-state index is 13.6. The molecule has 0 aromatic heterocycles. The Hall–Kier alpha value is -1.56. The van der Waals surface area contributed by atoms with Crippen LogP contribution in [0.5, 0.6) is 0 Å². The zero-order chi connectivity index (χ0) is 20.4. The van der Waals surface area contributed by atoms with Gasteiger partial charge in [0.05, 0.1) is 12.2 Å². The van der Waals surface area contributed by atoms with E-state index < -0.39 is 29.0 Å². The minimum Gasteiger partial charge on any atom is -0.356 e. The highest BCUT2D eigenvalue weighted by Gasteiger charge is 2.15. The highest BCUT2D eigenvalue weighted by atomic mass is 127. The van der Waals surface area contributed by atoms with Crippen molar-refractivity contribution in [2.24, 2.45) is 4.99 Å². The van der Waals surface area contributed by atoms with Crippen molar-refractivity contribution in [3.05, 3.63) is 29.6 Å². The lowest BCUT2D eigenvalue weighted by molar-refractivity contribution is -0.115. The van der Waals surface area contributed by atoms with Crippen molar-refractivity contribution in [3.63, 3.8) is 0 Å². The Morgan fingerprint density at radius 3 is 2.41 bits per heavy atom. The van der Waals surface area contributed by atoms with Gasteiger partial charge in [0.25, 0.3) is 0 Å². The van der Waals surface area contributed by atoms with Crippen molar-refractivity contribution in [3.8, 4) is 0 Å². The molecule has 0 saturated carbocycles. The molecule has 1 aromatic rings. The molecular weight excluding hydrogens is 498 g/mol. The molecule has 1 heterocycles. The SMILES string of the molecule is CN=C(NCCCN1CCCCCC1)NCC(=O)Nc1ccc(F)c(F)c1F.I. The van der Waals surface area contributed by atoms with E-state index in [1.807, 2.05) is 0 Å². The van der Waals surface area contributed by atoms with Crippen LogP contribution < -0.4 is 16.0 Å². The number of halogens is 4. The minimum absolute atomic E-state index is 0. The van der Waals surface area contributed by atoms with E-state index in [-0.39, 0.29) is 30.5 Å². The number of likely N-dealkylation sites (tertiary alicyclic amines) is 1. The Morgan fingerprint density at radius 1 is 1.07 bits per heavy atom. The van der Waals surface area contributed by atoms with Gasteiger partial charge in [0, 0.05) is 13.6 Å². The number of nitrogens with one attached hydrogen (secondary N) is 3. The van der Waals surface area contributed by atoms with Crippen LogP contribution in [-0.4, -0.2) is 56.5 Å². The van der Waals surface area contributed by atoms with Crippen molar-refractivity contribution < 1.29 is 18.0 Å². The van der Waals surface area contributed by atoms with Gasteiger partial charge in [-0.15, -0.1) is 24.0 Å². The normalized spacial score (nSPS) is 15.2. The quantitative estimate of drug-likeness (QED) is 0.168. The van der Waals surface area contributed by atoms with Crippen LogP contribution in [0.25, 0.3) is 0 Å². The number of rotatable bonds is 7. The fraction of sp³-hybridized carbons (Fsp3) is 0.579. The highest BCUT2D eigenvalue weighted by molar-refractivity contribution is 14.0. The van der Waals surface area contributed by atoms with Crippen molar-refractivity contribution >= 4 is 41.5 Å². The van der Waals surface area contributed by atoms with Crippen LogP contribution in [0, 0.1) is 17.5 Å². The lowest BCUT2D eigenvalue weighted by Gasteiger charge is -2.20. The zero-order valence-corrected chi connectivity index (χ0v) is 18.9. The van der Waals surface area contributed by atoms with Crippen molar-refractivity contribution in [1.82, 2.24) is 15.5 Å². The van der Waals surface area contributed by atoms with Gasteiger partial charge in [-0.05, 0) is 51.0 Å². The number of hydrogen-bond acceptors (Lipinski definition) is 3. The second-order valence-corrected chi connectivity index (χ2v) is 6.73. The van der Waals surface area contributed by atoms with Gasteiger partial charge in [0.2, 0.25) is 5.91 Å². The number of hydrogen-bond donors (Lipinski definition) is 3. The zero-order valence-electron chi connectivity index (χ0n) is 16.6. The molecular formula is C19H29F3IN5O. The summed E-state index contributed by atoms with van der Waals surface area (Å²) in [4.78, 5) is 18.4. The first-order valence-corrected chi connectivity index (χ1v) is 9.61. The monoisotopic (exact) mass is 527 g/mol. The Balaban J connectivity index is 0.00000420. The fourth-order valence-electron chi connectivity index (χ4n) is 3.07. The molecule has 29 heavy (non-hydrogen) atoms. The molecule has 3 N–H and O–H groups in total. The van der Waals surface area contributed by atoms with E-state index in [0.717, 1.165) is 38.2 Å². The first-order valence-electron chi connectivity index (χ1n) is 9.61. The molecule has 164 valence electrons. The van der Waals surface area contributed by atoms with Gasteiger partial charge in [-0.25, -0.2) is 13.2 Å². The number of carbonyl (C=O) groups is 1. The van der Waals surface area contributed by atoms with Crippen LogP contribution >= 0.6 is 24.0 Å². The van der Waals surface area contributed by atoms with Crippen LogP contribution in [0.3, 0.4) is 0 Å². The summed E-state index contributed by atoms with van der Waals surface area (Å²) >= 11 is 0. The van der Waals surface area contributed by atoms with Crippen molar-refractivity contribution in [1.29, 1.82) is 0 Å². The summed E-state index contributed by atoms with van der Waals surface area (Å²) in [6.07, 6.45) is 6.07. The standard InChI is InChI=1S/C19H28F3N5O.HI/c1-23-19(24-9-6-12-27-10-4-2-3-5-11-27)25-13-16(28)26-15-8-7-14(20)17(21)18(15)22;/h7-8H,2-6,9-13H2,1H3,(H,26,28)(H2,23,24,25);1H. The number of amides is 1. The Bertz CT molecular complexity index is 682. The van der Waals surface area contributed by atoms with Gasteiger partial charge in [-0.3, -0.25) is 9.79 Å². The molecule has 0 aliphatic carbocycles. The van der Waals surface area contributed by atoms with Gasteiger partial charge < -0.3 is 20.9 Å². The first kappa shape index (κ1) is 25.5. The maximum absolute atomic E-state index is 13.6. The number of carbonyl (C=O) groups excluding carboxylic acids is 1. The molecule has 2 rings (SSSR count). The number of benzene rings is 1. The highest BCUT2D eigenvalue weighted by Crippen LogP contribution is 2.19. The molecule has 1 fully saturated rings. The lowest BCUT2D eigenvalue weighted by Crippen LogP contribution is -2.42. The number of anilines is 1. The maximum Gasteiger partial charge on any atom is 0.243 e. The van der Waals surface area contributed by atoms with E-state index in [9.17, 15) is 18.0 Å². The summed E-state index contributed by atoms with van der Waals surface area (Å²) in [5, 5.41) is 8.13. The molecule has 10 heteroatoms. The summed E-state index contributed by atoms with van der Waals surface area (Å²) in [7, 11) is 1.58. The summed E-state index contributed by atoms with van der Waals surface area (Å²) in [5.41, 5.74) is -0.411. The van der Waals surface area contributed by atoms with Gasteiger partial charge in [-0.1, -0.05) is 12.8 Å².